The fourth-order valence-corrected chi connectivity index (χ4v) is 6.63. The first-order chi connectivity index (χ1) is 14.9. The van der Waals surface area contributed by atoms with Gasteiger partial charge in [0.1, 0.15) is 0 Å². The van der Waals surface area contributed by atoms with Gasteiger partial charge >= 0.3 is 0 Å². The molecular formula is C21H31N7O2S. The summed E-state index contributed by atoms with van der Waals surface area (Å²) >= 11 is 0. The Morgan fingerprint density at radius 2 is 2.10 bits per heavy atom. The maximum Gasteiger partial charge on any atom is 0.227 e. The van der Waals surface area contributed by atoms with Gasteiger partial charge in [-0.1, -0.05) is 13.0 Å². The van der Waals surface area contributed by atoms with Gasteiger partial charge < -0.3 is 5.32 Å². The maximum atomic E-state index is 12.3. The summed E-state index contributed by atoms with van der Waals surface area (Å²) in [5.41, 5.74) is 3.07. The van der Waals surface area contributed by atoms with Crippen molar-refractivity contribution in [2.75, 3.05) is 24.2 Å². The van der Waals surface area contributed by atoms with Crippen LogP contribution in [0, 0.1) is 0 Å². The molecule has 3 aliphatic rings. The Balaban J connectivity index is 0.00000245. The number of hydrogen-bond donors (Lipinski definition) is 1. The van der Waals surface area contributed by atoms with E-state index in [1.807, 2.05) is 26.2 Å². The third-order valence-corrected chi connectivity index (χ3v) is 8.51. The van der Waals surface area contributed by atoms with Gasteiger partial charge in [-0.2, -0.15) is 9.40 Å². The highest BCUT2D eigenvalue weighted by Crippen LogP contribution is 2.41. The van der Waals surface area contributed by atoms with Gasteiger partial charge in [-0.3, -0.25) is 9.58 Å². The lowest BCUT2D eigenvalue weighted by Crippen LogP contribution is -2.64. The molecule has 2 bridgehead atoms. The van der Waals surface area contributed by atoms with Crippen LogP contribution in [0.25, 0.3) is 5.57 Å². The van der Waals surface area contributed by atoms with Crippen LogP contribution in [0.3, 0.4) is 0 Å². The molecule has 5 heterocycles. The summed E-state index contributed by atoms with van der Waals surface area (Å²) in [6.45, 7) is 3.17. The molecule has 2 aromatic heterocycles. The van der Waals surface area contributed by atoms with Crippen LogP contribution >= 0.6 is 0 Å². The minimum atomic E-state index is -3.08. The Morgan fingerprint density at radius 1 is 1.26 bits per heavy atom. The first kappa shape index (κ1) is 20.6. The summed E-state index contributed by atoms with van der Waals surface area (Å²) in [6.07, 6.45) is 11.6. The van der Waals surface area contributed by atoms with E-state index in [1.54, 1.807) is 21.4 Å². The van der Waals surface area contributed by atoms with Crippen molar-refractivity contribution < 1.29 is 9.84 Å². The second kappa shape index (κ2) is 7.99. The van der Waals surface area contributed by atoms with Crippen molar-refractivity contribution in [3.8, 4) is 0 Å². The number of nitrogens with zero attached hydrogens (tertiary/aromatic N) is 6. The Kier molecular flexibility index (Phi) is 5.31. The number of sulfonamides is 1. The van der Waals surface area contributed by atoms with Crippen molar-refractivity contribution in [1.82, 2.24) is 29.0 Å². The zero-order chi connectivity index (χ0) is 21.6. The smallest absolute Gasteiger partial charge is 0.227 e. The third kappa shape index (κ3) is 3.99. The van der Waals surface area contributed by atoms with E-state index < -0.39 is 10.0 Å². The summed E-state index contributed by atoms with van der Waals surface area (Å²) in [7, 11) is -1.21. The fourth-order valence-electron chi connectivity index (χ4n) is 5.05. The number of rotatable bonds is 7. The van der Waals surface area contributed by atoms with E-state index in [2.05, 4.69) is 26.4 Å². The van der Waals surface area contributed by atoms with Gasteiger partial charge in [-0.15, -0.1) is 0 Å². The lowest BCUT2D eigenvalue weighted by molar-refractivity contribution is 0.0565. The average Bonchev–Trinajstić information content (AvgIpc) is 3.19. The first-order valence-electron chi connectivity index (χ1n) is 11.0. The lowest BCUT2D eigenvalue weighted by Gasteiger charge is -2.48. The Morgan fingerprint density at radius 3 is 2.81 bits per heavy atom. The summed E-state index contributed by atoms with van der Waals surface area (Å²) in [6, 6.07) is 3.11. The van der Waals surface area contributed by atoms with Crippen molar-refractivity contribution in [2.45, 2.75) is 50.7 Å². The molecule has 10 heteroatoms. The topological polar surface area (TPSA) is 96.3 Å². The van der Waals surface area contributed by atoms with Crippen LogP contribution in [-0.2, 0) is 17.1 Å². The molecule has 2 atom stereocenters. The Hall–Kier alpha value is -2.30. The van der Waals surface area contributed by atoms with Crippen molar-refractivity contribution in [3.63, 3.8) is 0 Å². The molecule has 2 unspecified atom stereocenters. The van der Waals surface area contributed by atoms with E-state index in [-0.39, 0.29) is 7.18 Å². The zero-order valence-corrected chi connectivity index (χ0v) is 18.8. The number of aryl methyl sites for hydroxylation is 1. The quantitative estimate of drug-likeness (QED) is 0.698. The standard InChI is InChI=1S/C21H29N7O2S.H2/c1-3-8-31(29,30)27-13-19(14-27)28-17-4-5-18(28)10-15(9-17)20-6-7-22-21(25-20)24-16-11-23-26(2)12-16;/h6-7,9,11-12,17-19H,3-5,8,10,13-14H2,1-2H3,(H,22,24,25);1H. The minimum absolute atomic E-state index is 0. The van der Waals surface area contributed by atoms with Crippen LogP contribution in [0.5, 0.6) is 0 Å². The molecule has 2 saturated heterocycles. The number of nitrogens with one attached hydrogen (secondary N) is 1. The molecule has 0 radical (unpaired) electrons. The van der Waals surface area contributed by atoms with Gasteiger partial charge in [-0.05, 0) is 37.3 Å². The van der Waals surface area contributed by atoms with E-state index in [9.17, 15) is 8.42 Å². The SMILES string of the molecule is CCCS(=O)(=O)N1CC(N2C3C=C(c4ccnc(Nc5cnn(C)c5)n4)CC2CC3)C1.[HH]. The van der Waals surface area contributed by atoms with Crippen LogP contribution in [0.15, 0.2) is 30.7 Å². The predicted octanol–water partition coefficient (Wildman–Crippen LogP) is 2.24. The van der Waals surface area contributed by atoms with Crippen molar-refractivity contribution >= 4 is 27.2 Å². The summed E-state index contributed by atoms with van der Waals surface area (Å²) < 4.78 is 28.0. The Bertz CT molecular complexity index is 1100. The highest BCUT2D eigenvalue weighted by Gasteiger charge is 2.47. The van der Waals surface area contributed by atoms with Gasteiger partial charge in [0.05, 0.1) is 23.3 Å². The van der Waals surface area contributed by atoms with Crippen molar-refractivity contribution in [2.24, 2.45) is 7.05 Å². The molecular weight excluding hydrogens is 414 g/mol. The van der Waals surface area contributed by atoms with E-state index in [1.165, 1.54) is 5.57 Å². The van der Waals surface area contributed by atoms with Gasteiger partial charge in [0.15, 0.2) is 0 Å². The minimum Gasteiger partial charge on any atom is -0.321 e. The van der Waals surface area contributed by atoms with Crippen LogP contribution in [0.2, 0.25) is 0 Å². The molecule has 0 aromatic carbocycles. The van der Waals surface area contributed by atoms with Gasteiger partial charge in [-0.25, -0.2) is 18.4 Å². The maximum absolute atomic E-state index is 12.3. The second-order valence-electron chi connectivity index (χ2n) is 8.72. The molecule has 3 aliphatic heterocycles. The summed E-state index contributed by atoms with van der Waals surface area (Å²) in [5, 5.41) is 7.37. The van der Waals surface area contributed by atoms with E-state index in [0.29, 0.717) is 43.6 Å². The summed E-state index contributed by atoms with van der Waals surface area (Å²) in [5.74, 6) is 0.816. The average molecular weight is 446 g/mol. The normalized spacial score (nSPS) is 24.8. The number of fused-ring (bicyclic) bond motifs is 2. The number of hydrogen-bond acceptors (Lipinski definition) is 7. The highest BCUT2D eigenvalue weighted by atomic mass is 32.2. The van der Waals surface area contributed by atoms with E-state index in [4.69, 9.17) is 4.98 Å². The van der Waals surface area contributed by atoms with Crippen LogP contribution in [0.1, 0.15) is 39.7 Å². The molecule has 1 N–H and O–H groups in total. The molecule has 0 amide bonds. The van der Waals surface area contributed by atoms with E-state index in [0.717, 1.165) is 30.6 Å². The highest BCUT2D eigenvalue weighted by molar-refractivity contribution is 7.89. The number of anilines is 2. The molecule has 9 nitrogen and oxygen atoms in total. The zero-order valence-electron chi connectivity index (χ0n) is 18.0. The van der Waals surface area contributed by atoms with E-state index >= 15 is 0 Å². The lowest BCUT2D eigenvalue weighted by atomic mass is 9.95. The van der Waals surface area contributed by atoms with Crippen molar-refractivity contribution in [3.05, 3.63) is 36.4 Å². The van der Waals surface area contributed by atoms with Crippen molar-refractivity contribution in [1.29, 1.82) is 0 Å². The fraction of sp³-hybridized carbons (Fsp3) is 0.571. The summed E-state index contributed by atoms with van der Waals surface area (Å²) in [4.78, 5) is 11.6. The molecule has 0 spiro atoms. The molecule has 31 heavy (non-hydrogen) atoms. The Labute approximate surface area is 184 Å². The third-order valence-electron chi connectivity index (χ3n) is 6.50. The molecule has 0 saturated carbocycles. The molecule has 5 rings (SSSR count). The molecule has 0 aliphatic carbocycles. The molecule has 2 fully saturated rings. The largest absolute Gasteiger partial charge is 0.321 e. The van der Waals surface area contributed by atoms with Crippen LogP contribution in [-0.4, -0.2) is 74.3 Å². The van der Waals surface area contributed by atoms with Gasteiger partial charge in [0.25, 0.3) is 0 Å². The predicted molar refractivity (Wildman–Crippen MR) is 121 cm³/mol. The van der Waals surface area contributed by atoms with Crippen LogP contribution < -0.4 is 5.32 Å². The first-order valence-corrected chi connectivity index (χ1v) is 12.6. The van der Waals surface area contributed by atoms with Crippen LogP contribution in [0.4, 0.5) is 11.6 Å². The second-order valence-corrected chi connectivity index (χ2v) is 10.8. The molecule has 2 aromatic rings. The number of aromatic nitrogens is 4. The van der Waals surface area contributed by atoms with Gasteiger partial charge in [0.2, 0.25) is 16.0 Å². The van der Waals surface area contributed by atoms with Gasteiger partial charge in [0, 0.05) is 52.1 Å². The molecule has 168 valence electrons. The monoisotopic (exact) mass is 445 g/mol.